The molecule has 0 spiro atoms. The number of fused-ring (bicyclic) bond motifs is 1. The number of rotatable bonds is 2. The maximum absolute atomic E-state index is 11.7. The van der Waals surface area contributed by atoms with Gasteiger partial charge in [0, 0.05) is 10.8 Å². The van der Waals surface area contributed by atoms with E-state index in [1.807, 2.05) is 12.1 Å². The third-order valence-electron chi connectivity index (χ3n) is 2.43. The minimum atomic E-state index is -0.268. The summed E-state index contributed by atoms with van der Waals surface area (Å²) in [5.41, 5.74) is 1.60. The van der Waals surface area contributed by atoms with E-state index in [0.29, 0.717) is 11.3 Å². The van der Waals surface area contributed by atoms with Gasteiger partial charge in [-0.25, -0.2) is 4.79 Å². The van der Waals surface area contributed by atoms with Crippen molar-refractivity contribution in [3.63, 3.8) is 0 Å². The third-order valence-corrected chi connectivity index (χ3v) is 3.41. The van der Waals surface area contributed by atoms with Crippen LogP contribution in [0.5, 0.6) is 5.75 Å². The van der Waals surface area contributed by atoms with Gasteiger partial charge in [0.15, 0.2) is 0 Å². The summed E-state index contributed by atoms with van der Waals surface area (Å²) in [5.74, 6) is 0.333. The maximum Gasteiger partial charge on any atom is 0.342 e. The molecule has 1 aliphatic heterocycles. The summed E-state index contributed by atoms with van der Waals surface area (Å²) in [7, 11) is 1.56. The number of carbonyl (C=O) groups excluding carboxylic acids is 1. The Hall–Kier alpha value is -0.780. The van der Waals surface area contributed by atoms with Crippen LogP contribution in [0.4, 0.5) is 0 Å². The Kier molecular flexibility index (Phi) is 3.14. The van der Waals surface area contributed by atoms with Crippen molar-refractivity contribution in [2.24, 2.45) is 0 Å². The molecule has 80 valence electrons. The molecule has 0 bridgehead atoms. The van der Waals surface area contributed by atoms with Crippen LogP contribution in [0.25, 0.3) is 0 Å². The first kappa shape index (κ1) is 10.7. The average molecular weight is 318 g/mol. The molecule has 0 aromatic heterocycles. The van der Waals surface area contributed by atoms with E-state index in [2.05, 4.69) is 22.6 Å². The van der Waals surface area contributed by atoms with E-state index in [4.69, 9.17) is 9.47 Å². The van der Waals surface area contributed by atoms with Crippen LogP contribution in [0.3, 0.4) is 0 Å². The van der Waals surface area contributed by atoms with Crippen molar-refractivity contribution >= 4 is 28.6 Å². The number of ether oxygens (including phenoxy) is 2. The molecule has 3 nitrogen and oxygen atoms in total. The van der Waals surface area contributed by atoms with Gasteiger partial charge in [-0.05, 0) is 11.6 Å². The first-order valence-corrected chi connectivity index (χ1v) is 6.21. The van der Waals surface area contributed by atoms with E-state index >= 15 is 0 Å². The fraction of sp³-hybridized carbons (Fsp3) is 0.364. The topological polar surface area (TPSA) is 35.5 Å². The number of hydrogen-bond acceptors (Lipinski definition) is 3. The van der Waals surface area contributed by atoms with Gasteiger partial charge in [0.05, 0.1) is 7.11 Å². The zero-order chi connectivity index (χ0) is 10.8. The number of cyclic esters (lactones) is 1. The van der Waals surface area contributed by atoms with Crippen LogP contribution >= 0.6 is 22.6 Å². The molecule has 0 amide bonds. The third kappa shape index (κ3) is 1.95. The fourth-order valence-corrected chi connectivity index (χ4v) is 2.22. The largest absolute Gasteiger partial charge is 0.496 e. The molecule has 0 saturated heterocycles. The predicted molar refractivity (Wildman–Crippen MR) is 64.8 cm³/mol. The Balaban J connectivity index is 2.44. The summed E-state index contributed by atoms with van der Waals surface area (Å²) >= 11 is 2.23. The first-order chi connectivity index (χ1) is 7.26. The van der Waals surface area contributed by atoms with E-state index in [1.54, 1.807) is 13.2 Å². The summed E-state index contributed by atoms with van der Waals surface area (Å²) in [6, 6.07) is 5.64. The van der Waals surface area contributed by atoms with Gasteiger partial charge in [-0.15, -0.1) is 0 Å². The highest BCUT2D eigenvalue weighted by molar-refractivity contribution is 14.1. The molecule has 2 rings (SSSR count). The minimum absolute atomic E-state index is 0.00212. The van der Waals surface area contributed by atoms with Crippen LogP contribution in [-0.2, 0) is 11.2 Å². The number of esters is 1. The van der Waals surface area contributed by atoms with Crippen LogP contribution < -0.4 is 4.74 Å². The van der Waals surface area contributed by atoms with Crippen LogP contribution in [-0.4, -0.2) is 23.6 Å². The van der Waals surface area contributed by atoms with Crippen molar-refractivity contribution in [3.8, 4) is 5.75 Å². The molecule has 0 aliphatic carbocycles. The quantitative estimate of drug-likeness (QED) is 0.476. The van der Waals surface area contributed by atoms with Gasteiger partial charge >= 0.3 is 5.97 Å². The first-order valence-electron chi connectivity index (χ1n) is 4.69. The summed E-state index contributed by atoms with van der Waals surface area (Å²) in [6.07, 6.45) is 0.777. The number of benzene rings is 1. The second-order valence-electron chi connectivity index (χ2n) is 3.38. The highest BCUT2D eigenvalue weighted by atomic mass is 127. The van der Waals surface area contributed by atoms with Gasteiger partial charge in [-0.3, -0.25) is 0 Å². The van der Waals surface area contributed by atoms with Gasteiger partial charge in [0.2, 0.25) is 0 Å². The lowest BCUT2D eigenvalue weighted by molar-refractivity contribution is 0.0312. The molecule has 1 aromatic rings. The maximum atomic E-state index is 11.7. The summed E-state index contributed by atoms with van der Waals surface area (Å²) in [4.78, 5) is 11.7. The number of hydrogen-bond donors (Lipinski definition) is 0. The van der Waals surface area contributed by atoms with E-state index in [-0.39, 0.29) is 12.1 Å². The van der Waals surface area contributed by atoms with Gasteiger partial charge in [0.25, 0.3) is 0 Å². The SMILES string of the molecule is COc1cccc2c1C(=O)OC(CI)C2. The Bertz CT molecular complexity index is 389. The monoisotopic (exact) mass is 318 g/mol. The Morgan fingerprint density at radius 3 is 3.07 bits per heavy atom. The van der Waals surface area contributed by atoms with Crippen molar-refractivity contribution in [2.45, 2.75) is 12.5 Å². The van der Waals surface area contributed by atoms with Crippen LogP contribution in [0.1, 0.15) is 15.9 Å². The molecule has 1 unspecified atom stereocenters. The summed E-state index contributed by atoms with van der Waals surface area (Å²) in [5, 5.41) is 0. The number of carbonyl (C=O) groups is 1. The van der Waals surface area contributed by atoms with E-state index in [1.165, 1.54) is 0 Å². The highest BCUT2D eigenvalue weighted by Crippen LogP contribution is 2.29. The van der Waals surface area contributed by atoms with Gasteiger partial charge in [0.1, 0.15) is 17.4 Å². The minimum Gasteiger partial charge on any atom is -0.496 e. The standard InChI is InChI=1S/C11H11IO3/c1-14-9-4-2-3-7-5-8(6-12)15-11(13)10(7)9/h2-4,8H,5-6H2,1H3. The van der Waals surface area contributed by atoms with Crippen LogP contribution in [0.2, 0.25) is 0 Å². The molecular formula is C11H11IO3. The molecule has 1 heterocycles. The van der Waals surface area contributed by atoms with Crippen molar-refractivity contribution < 1.29 is 14.3 Å². The van der Waals surface area contributed by atoms with Gasteiger partial charge < -0.3 is 9.47 Å². The van der Waals surface area contributed by atoms with E-state index in [9.17, 15) is 4.79 Å². The van der Waals surface area contributed by atoms with Gasteiger partial charge in [-0.2, -0.15) is 0 Å². The van der Waals surface area contributed by atoms with Crippen LogP contribution in [0.15, 0.2) is 18.2 Å². The number of methoxy groups -OCH3 is 1. The second-order valence-corrected chi connectivity index (χ2v) is 4.26. The smallest absolute Gasteiger partial charge is 0.342 e. The van der Waals surface area contributed by atoms with Crippen molar-refractivity contribution in [1.82, 2.24) is 0 Å². The Morgan fingerprint density at radius 2 is 2.40 bits per heavy atom. The molecule has 1 aromatic carbocycles. The van der Waals surface area contributed by atoms with E-state index in [0.717, 1.165) is 16.4 Å². The number of halogens is 1. The molecule has 1 aliphatic rings. The lowest BCUT2D eigenvalue weighted by Gasteiger charge is -2.24. The Morgan fingerprint density at radius 1 is 1.60 bits per heavy atom. The molecule has 0 fully saturated rings. The lowest BCUT2D eigenvalue weighted by atomic mass is 9.98. The van der Waals surface area contributed by atoms with E-state index < -0.39 is 0 Å². The molecule has 4 heteroatoms. The highest BCUT2D eigenvalue weighted by Gasteiger charge is 2.28. The molecule has 1 atom stereocenters. The number of alkyl halides is 1. The second kappa shape index (κ2) is 4.38. The molecule has 0 saturated carbocycles. The summed E-state index contributed by atoms with van der Waals surface area (Å²) < 4.78 is 11.2. The zero-order valence-electron chi connectivity index (χ0n) is 8.33. The van der Waals surface area contributed by atoms with Crippen LogP contribution in [0, 0.1) is 0 Å². The lowest BCUT2D eigenvalue weighted by Crippen LogP contribution is -2.29. The normalized spacial score (nSPS) is 19.3. The van der Waals surface area contributed by atoms with Crippen molar-refractivity contribution in [2.75, 3.05) is 11.5 Å². The molecular weight excluding hydrogens is 307 g/mol. The van der Waals surface area contributed by atoms with Crippen molar-refractivity contribution in [3.05, 3.63) is 29.3 Å². The zero-order valence-corrected chi connectivity index (χ0v) is 10.5. The Labute approximate surface area is 102 Å². The van der Waals surface area contributed by atoms with Crippen molar-refractivity contribution in [1.29, 1.82) is 0 Å². The summed E-state index contributed by atoms with van der Waals surface area (Å²) in [6.45, 7) is 0. The molecule has 15 heavy (non-hydrogen) atoms. The molecule has 0 radical (unpaired) electrons. The molecule has 0 N–H and O–H groups in total. The fourth-order valence-electron chi connectivity index (χ4n) is 1.73. The average Bonchev–Trinajstić information content (AvgIpc) is 2.27. The van der Waals surface area contributed by atoms with Gasteiger partial charge in [-0.1, -0.05) is 34.7 Å². The predicted octanol–water partition coefficient (Wildman–Crippen LogP) is 2.21.